The van der Waals surface area contributed by atoms with Crippen LogP contribution in [0.5, 0.6) is 0 Å². The van der Waals surface area contributed by atoms with E-state index in [0.717, 1.165) is 11.1 Å². The Labute approximate surface area is 136 Å². The Bertz CT molecular complexity index is 662. The molecule has 2 N–H and O–H groups in total. The number of rotatable bonds is 6. The lowest BCUT2D eigenvalue weighted by molar-refractivity contribution is 0.208. The van der Waals surface area contributed by atoms with Crippen molar-refractivity contribution >= 4 is 11.6 Å². The van der Waals surface area contributed by atoms with Crippen LogP contribution in [-0.2, 0) is 16.9 Å². The van der Waals surface area contributed by atoms with Gasteiger partial charge in [-0.3, -0.25) is 0 Å². The molecule has 0 aromatic heterocycles. The van der Waals surface area contributed by atoms with Gasteiger partial charge in [0.1, 0.15) is 12.4 Å². The van der Waals surface area contributed by atoms with E-state index in [4.69, 9.17) is 22.1 Å². The summed E-state index contributed by atoms with van der Waals surface area (Å²) in [4.78, 5) is 0. The molecule has 2 nitrogen and oxygen atoms in total. The van der Waals surface area contributed by atoms with Crippen molar-refractivity contribution in [1.29, 1.82) is 0 Å². The number of ether oxygens (including phenoxy) is 1. The van der Waals surface area contributed by atoms with Gasteiger partial charge in [0, 0.05) is 5.02 Å². The van der Waals surface area contributed by atoms with E-state index in [1.54, 1.807) is 6.08 Å². The van der Waals surface area contributed by atoms with Crippen molar-refractivity contribution in [3.8, 4) is 0 Å². The van der Waals surface area contributed by atoms with E-state index < -0.39 is 5.54 Å². The quantitative estimate of drug-likeness (QED) is 0.614. The molecule has 2 rings (SSSR count). The summed E-state index contributed by atoms with van der Waals surface area (Å²) in [5, 5.41) is 0.634. The zero-order chi connectivity index (χ0) is 16.0. The van der Waals surface area contributed by atoms with Crippen molar-refractivity contribution in [2.24, 2.45) is 5.73 Å². The summed E-state index contributed by atoms with van der Waals surface area (Å²) >= 11 is 6.23. The molecule has 3 heteroatoms. The van der Waals surface area contributed by atoms with Crippen LogP contribution in [0.1, 0.15) is 18.1 Å². The van der Waals surface area contributed by atoms with Crippen molar-refractivity contribution in [1.82, 2.24) is 0 Å². The summed E-state index contributed by atoms with van der Waals surface area (Å²) in [6, 6.07) is 17.5. The van der Waals surface area contributed by atoms with Gasteiger partial charge in [-0.1, -0.05) is 66.7 Å². The SMILES string of the molecule is C=C/C(=C\C(C)(N)c1ccccc1Cl)OCc1ccccc1. The molecule has 0 bridgehead atoms. The molecule has 0 aliphatic heterocycles. The first kappa shape index (κ1) is 16.3. The van der Waals surface area contributed by atoms with E-state index in [-0.39, 0.29) is 0 Å². The van der Waals surface area contributed by atoms with Gasteiger partial charge in [-0.2, -0.15) is 0 Å². The molecule has 2 aromatic carbocycles. The molecular weight excluding hydrogens is 294 g/mol. The maximum atomic E-state index is 6.40. The predicted octanol–water partition coefficient (Wildman–Crippen LogP) is 4.80. The minimum absolute atomic E-state index is 0.470. The molecule has 0 aliphatic rings. The molecule has 0 heterocycles. The molecular formula is C19H20ClNO. The smallest absolute Gasteiger partial charge is 0.117 e. The standard InChI is InChI=1S/C19H20ClNO/c1-3-16(22-14-15-9-5-4-6-10-15)13-19(2,21)17-11-7-8-12-18(17)20/h3-13H,1,14,21H2,2H3/b16-13+. The number of nitrogens with two attached hydrogens (primary N) is 1. The van der Waals surface area contributed by atoms with Crippen LogP contribution in [0.15, 0.2) is 79.1 Å². The third kappa shape index (κ3) is 4.23. The first-order valence-electron chi connectivity index (χ1n) is 7.09. The van der Waals surface area contributed by atoms with E-state index >= 15 is 0 Å². The highest BCUT2D eigenvalue weighted by atomic mass is 35.5. The molecule has 1 atom stereocenters. The highest BCUT2D eigenvalue weighted by Gasteiger charge is 2.22. The van der Waals surface area contributed by atoms with E-state index in [2.05, 4.69) is 6.58 Å². The molecule has 0 saturated carbocycles. The second kappa shape index (κ2) is 7.30. The summed E-state index contributed by atoms with van der Waals surface area (Å²) in [6.07, 6.45) is 3.50. The molecule has 2 aromatic rings. The summed E-state index contributed by atoms with van der Waals surface area (Å²) < 4.78 is 5.79. The second-order valence-corrected chi connectivity index (χ2v) is 5.69. The second-order valence-electron chi connectivity index (χ2n) is 5.29. The van der Waals surface area contributed by atoms with Gasteiger partial charge in [-0.15, -0.1) is 0 Å². The van der Waals surface area contributed by atoms with Crippen LogP contribution in [0.2, 0.25) is 5.02 Å². The summed E-state index contributed by atoms with van der Waals surface area (Å²) in [5.41, 5.74) is 7.59. The summed E-state index contributed by atoms with van der Waals surface area (Å²) in [5.74, 6) is 0.633. The molecule has 114 valence electrons. The Balaban J connectivity index is 2.17. The van der Waals surface area contributed by atoms with Crippen LogP contribution >= 0.6 is 11.6 Å². The lowest BCUT2D eigenvalue weighted by atomic mass is 9.92. The van der Waals surface area contributed by atoms with Gasteiger partial charge in [-0.05, 0) is 36.3 Å². The van der Waals surface area contributed by atoms with Crippen molar-refractivity contribution in [3.05, 3.63) is 95.2 Å². The fraction of sp³-hybridized carbons (Fsp3) is 0.158. The van der Waals surface area contributed by atoms with Gasteiger partial charge < -0.3 is 10.5 Å². The normalized spacial score (nSPS) is 14.2. The van der Waals surface area contributed by atoms with Gasteiger partial charge >= 0.3 is 0 Å². The first-order chi connectivity index (χ1) is 10.5. The zero-order valence-corrected chi connectivity index (χ0v) is 13.4. The number of halogens is 1. The molecule has 0 saturated heterocycles. The van der Waals surface area contributed by atoms with Crippen LogP contribution in [0.3, 0.4) is 0 Å². The van der Waals surface area contributed by atoms with Gasteiger partial charge in [0.15, 0.2) is 0 Å². The average Bonchev–Trinajstić information content (AvgIpc) is 2.52. The van der Waals surface area contributed by atoms with Crippen molar-refractivity contribution in [2.45, 2.75) is 19.1 Å². The van der Waals surface area contributed by atoms with Crippen molar-refractivity contribution in [3.63, 3.8) is 0 Å². The maximum Gasteiger partial charge on any atom is 0.117 e. The van der Waals surface area contributed by atoms with E-state index in [1.807, 2.05) is 67.6 Å². The molecule has 22 heavy (non-hydrogen) atoms. The van der Waals surface area contributed by atoms with E-state index in [0.29, 0.717) is 17.4 Å². The fourth-order valence-electron chi connectivity index (χ4n) is 2.17. The topological polar surface area (TPSA) is 35.2 Å². The largest absolute Gasteiger partial charge is 0.489 e. The highest BCUT2D eigenvalue weighted by molar-refractivity contribution is 6.31. The van der Waals surface area contributed by atoms with Gasteiger partial charge in [-0.25, -0.2) is 0 Å². The molecule has 1 unspecified atom stereocenters. The van der Waals surface area contributed by atoms with Crippen LogP contribution in [-0.4, -0.2) is 0 Å². The molecule has 0 aliphatic carbocycles. The Morgan fingerprint density at radius 2 is 1.82 bits per heavy atom. The Morgan fingerprint density at radius 3 is 2.45 bits per heavy atom. The van der Waals surface area contributed by atoms with Crippen LogP contribution in [0.4, 0.5) is 0 Å². The van der Waals surface area contributed by atoms with Crippen LogP contribution in [0, 0.1) is 0 Å². The number of hydrogen-bond donors (Lipinski definition) is 1. The lowest BCUT2D eigenvalue weighted by Gasteiger charge is -2.23. The minimum Gasteiger partial charge on any atom is -0.489 e. The highest BCUT2D eigenvalue weighted by Crippen LogP contribution is 2.28. The summed E-state index contributed by atoms with van der Waals surface area (Å²) in [7, 11) is 0. The van der Waals surface area contributed by atoms with E-state index in [9.17, 15) is 0 Å². The zero-order valence-electron chi connectivity index (χ0n) is 12.6. The molecule has 0 spiro atoms. The number of benzene rings is 2. The third-order valence-electron chi connectivity index (χ3n) is 3.35. The third-order valence-corrected chi connectivity index (χ3v) is 3.68. The molecule has 0 amide bonds. The number of hydrogen-bond acceptors (Lipinski definition) is 2. The van der Waals surface area contributed by atoms with Gasteiger partial charge in [0.05, 0.1) is 5.54 Å². The molecule has 0 fully saturated rings. The minimum atomic E-state index is -0.738. The Kier molecular flexibility index (Phi) is 5.42. The summed E-state index contributed by atoms with van der Waals surface area (Å²) in [6.45, 7) is 6.15. The fourth-order valence-corrected chi connectivity index (χ4v) is 2.51. The van der Waals surface area contributed by atoms with Gasteiger partial charge in [0.25, 0.3) is 0 Å². The lowest BCUT2D eigenvalue weighted by Crippen LogP contribution is -2.31. The maximum absolute atomic E-state index is 6.40. The Morgan fingerprint density at radius 1 is 1.18 bits per heavy atom. The predicted molar refractivity (Wildman–Crippen MR) is 92.5 cm³/mol. The van der Waals surface area contributed by atoms with Crippen LogP contribution in [0.25, 0.3) is 0 Å². The first-order valence-corrected chi connectivity index (χ1v) is 7.46. The van der Waals surface area contributed by atoms with Crippen molar-refractivity contribution in [2.75, 3.05) is 0 Å². The monoisotopic (exact) mass is 313 g/mol. The van der Waals surface area contributed by atoms with Gasteiger partial charge in [0.2, 0.25) is 0 Å². The Hall–Kier alpha value is -2.03. The van der Waals surface area contributed by atoms with E-state index in [1.165, 1.54) is 0 Å². The van der Waals surface area contributed by atoms with Crippen LogP contribution < -0.4 is 5.73 Å². The van der Waals surface area contributed by atoms with Crippen molar-refractivity contribution < 1.29 is 4.74 Å². The number of allylic oxidation sites excluding steroid dienone is 1. The molecule has 0 radical (unpaired) electrons. The average molecular weight is 314 g/mol.